The van der Waals surface area contributed by atoms with Crippen LogP contribution in [-0.2, 0) is 6.42 Å². The first-order chi connectivity index (χ1) is 12.1. The standard InChI is InChI=1S/C19H23FN2O3/c1-2-25-18-10-6-3-7-14(18)11-12-21-19(24)22-13-17(23)15-8-4-5-9-16(15)20/h3-10,17,23H,2,11-13H2,1H3,(H2,21,22,24). The molecule has 25 heavy (non-hydrogen) atoms. The summed E-state index contributed by atoms with van der Waals surface area (Å²) in [6, 6.07) is 13.2. The molecule has 2 amide bonds. The van der Waals surface area contributed by atoms with E-state index in [1.54, 1.807) is 12.1 Å². The van der Waals surface area contributed by atoms with Crippen molar-refractivity contribution in [2.24, 2.45) is 0 Å². The second-order valence-electron chi connectivity index (χ2n) is 5.46. The van der Waals surface area contributed by atoms with Crippen LogP contribution in [0.4, 0.5) is 9.18 Å². The predicted molar refractivity (Wildman–Crippen MR) is 94.1 cm³/mol. The van der Waals surface area contributed by atoms with Crippen molar-refractivity contribution >= 4 is 6.03 Å². The van der Waals surface area contributed by atoms with Gasteiger partial charge in [0.1, 0.15) is 11.6 Å². The lowest BCUT2D eigenvalue weighted by molar-refractivity contribution is 0.169. The van der Waals surface area contributed by atoms with Gasteiger partial charge in [-0.2, -0.15) is 0 Å². The van der Waals surface area contributed by atoms with E-state index in [9.17, 15) is 14.3 Å². The fourth-order valence-corrected chi connectivity index (χ4v) is 2.42. The summed E-state index contributed by atoms with van der Waals surface area (Å²) in [7, 11) is 0. The molecule has 0 saturated carbocycles. The van der Waals surface area contributed by atoms with E-state index in [4.69, 9.17) is 4.74 Å². The van der Waals surface area contributed by atoms with Gasteiger partial charge >= 0.3 is 6.03 Å². The number of aliphatic hydroxyl groups excluding tert-OH is 1. The summed E-state index contributed by atoms with van der Waals surface area (Å²) in [6.45, 7) is 2.86. The first kappa shape index (κ1) is 18.7. The Morgan fingerprint density at radius 1 is 1.16 bits per heavy atom. The molecule has 0 radical (unpaired) electrons. The molecule has 0 aromatic heterocycles. The number of carbonyl (C=O) groups excluding carboxylic acids is 1. The quantitative estimate of drug-likeness (QED) is 0.688. The molecule has 0 spiro atoms. The van der Waals surface area contributed by atoms with Crippen LogP contribution in [0.2, 0.25) is 0 Å². The van der Waals surface area contributed by atoms with Gasteiger partial charge in [-0.3, -0.25) is 0 Å². The van der Waals surface area contributed by atoms with Gasteiger partial charge in [-0.1, -0.05) is 36.4 Å². The summed E-state index contributed by atoms with van der Waals surface area (Å²) < 4.78 is 19.1. The number of rotatable bonds is 8. The van der Waals surface area contributed by atoms with E-state index in [1.807, 2.05) is 31.2 Å². The van der Waals surface area contributed by atoms with Crippen LogP contribution in [0.1, 0.15) is 24.2 Å². The Kier molecular flexibility index (Phi) is 7.22. The van der Waals surface area contributed by atoms with Crippen molar-refractivity contribution in [3.05, 3.63) is 65.5 Å². The van der Waals surface area contributed by atoms with E-state index in [-0.39, 0.29) is 12.1 Å². The van der Waals surface area contributed by atoms with Gasteiger partial charge in [0.05, 0.1) is 12.7 Å². The lowest BCUT2D eigenvalue weighted by Gasteiger charge is -2.14. The molecule has 0 fully saturated rings. The Labute approximate surface area is 146 Å². The van der Waals surface area contributed by atoms with Gasteiger partial charge in [-0.25, -0.2) is 9.18 Å². The van der Waals surface area contributed by atoms with Gasteiger partial charge in [0.15, 0.2) is 0 Å². The highest BCUT2D eigenvalue weighted by molar-refractivity contribution is 5.73. The Hall–Kier alpha value is -2.60. The molecule has 1 unspecified atom stereocenters. The molecule has 2 aromatic rings. The molecule has 1 atom stereocenters. The summed E-state index contributed by atoms with van der Waals surface area (Å²) in [5.74, 6) is 0.312. The molecule has 0 aliphatic carbocycles. The van der Waals surface area contributed by atoms with Crippen molar-refractivity contribution in [2.75, 3.05) is 19.7 Å². The normalized spacial score (nSPS) is 11.6. The van der Waals surface area contributed by atoms with Gasteiger partial charge in [0.25, 0.3) is 0 Å². The average Bonchev–Trinajstić information content (AvgIpc) is 2.62. The van der Waals surface area contributed by atoms with Crippen LogP contribution in [0.5, 0.6) is 5.75 Å². The molecule has 2 aromatic carbocycles. The summed E-state index contributed by atoms with van der Waals surface area (Å²) in [4.78, 5) is 11.8. The highest BCUT2D eigenvalue weighted by Gasteiger charge is 2.13. The van der Waals surface area contributed by atoms with Crippen LogP contribution in [0, 0.1) is 5.82 Å². The molecule has 134 valence electrons. The number of halogens is 1. The van der Waals surface area contributed by atoms with Gasteiger partial charge in [-0.05, 0) is 31.0 Å². The van der Waals surface area contributed by atoms with E-state index in [0.717, 1.165) is 11.3 Å². The molecule has 6 heteroatoms. The highest BCUT2D eigenvalue weighted by atomic mass is 19.1. The maximum Gasteiger partial charge on any atom is 0.314 e. The number of benzene rings is 2. The first-order valence-corrected chi connectivity index (χ1v) is 8.26. The maximum atomic E-state index is 13.6. The van der Waals surface area contributed by atoms with Crippen LogP contribution in [0.3, 0.4) is 0 Å². The molecule has 2 rings (SSSR count). The number of amides is 2. The van der Waals surface area contributed by atoms with Crippen molar-refractivity contribution in [3.63, 3.8) is 0 Å². The minimum atomic E-state index is -1.09. The highest BCUT2D eigenvalue weighted by Crippen LogP contribution is 2.18. The number of urea groups is 1. The third kappa shape index (κ3) is 5.76. The van der Waals surface area contributed by atoms with E-state index in [2.05, 4.69) is 10.6 Å². The minimum Gasteiger partial charge on any atom is -0.494 e. The zero-order valence-electron chi connectivity index (χ0n) is 14.2. The van der Waals surface area contributed by atoms with Crippen LogP contribution in [0.25, 0.3) is 0 Å². The summed E-state index contributed by atoms with van der Waals surface area (Å²) in [5, 5.41) is 15.2. The zero-order valence-corrected chi connectivity index (χ0v) is 14.2. The predicted octanol–water partition coefficient (Wildman–Crippen LogP) is 2.80. The molecule has 5 nitrogen and oxygen atoms in total. The van der Waals surface area contributed by atoms with Crippen molar-refractivity contribution in [2.45, 2.75) is 19.4 Å². The zero-order chi connectivity index (χ0) is 18.1. The Morgan fingerprint density at radius 2 is 1.88 bits per heavy atom. The third-order valence-corrected chi connectivity index (χ3v) is 3.67. The smallest absolute Gasteiger partial charge is 0.314 e. The Balaban J connectivity index is 1.75. The SMILES string of the molecule is CCOc1ccccc1CCNC(=O)NCC(O)c1ccccc1F. The summed E-state index contributed by atoms with van der Waals surface area (Å²) in [6.07, 6.45) is -0.468. The molecule has 0 bridgehead atoms. The number of ether oxygens (including phenoxy) is 1. The monoisotopic (exact) mass is 346 g/mol. The molecule has 0 aliphatic rings. The molecule has 0 heterocycles. The van der Waals surface area contributed by atoms with Crippen LogP contribution >= 0.6 is 0 Å². The fraction of sp³-hybridized carbons (Fsp3) is 0.316. The van der Waals surface area contributed by atoms with E-state index >= 15 is 0 Å². The first-order valence-electron chi connectivity index (χ1n) is 8.26. The number of para-hydroxylation sites is 1. The van der Waals surface area contributed by atoms with Crippen LogP contribution in [0.15, 0.2) is 48.5 Å². The maximum absolute atomic E-state index is 13.6. The number of aliphatic hydroxyl groups is 1. The lowest BCUT2D eigenvalue weighted by Crippen LogP contribution is -2.38. The number of carbonyl (C=O) groups is 1. The second kappa shape index (κ2) is 9.64. The van der Waals surface area contributed by atoms with E-state index in [1.165, 1.54) is 12.1 Å². The van der Waals surface area contributed by atoms with Gasteiger partial charge in [0, 0.05) is 18.7 Å². The number of hydrogen-bond acceptors (Lipinski definition) is 3. The summed E-state index contributed by atoms with van der Waals surface area (Å²) in [5.41, 5.74) is 1.17. The second-order valence-corrected chi connectivity index (χ2v) is 5.46. The van der Waals surface area contributed by atoms with Crippen molar-refractivity contribution in [1.82, 2.24) is 10.6 Å². The van der Waals surface area contributed by atoms with Crippen molar-refractivity contribution in [1.29, 1.82) is 0 Å². The topological polar surface area (TPSA) is 70.6 Å². The fourth-order valence-electron chi connectivity index (χ4n) is 2.42. The Morgan fingerprint density at radius 3 is 2.64 bits per heavy atom. The molecule has 0 aliphatic heterocycles. The molecular formula is C19H23FN2O3. The summed E-state index contributed by atoms with van der Waals surface area (Å²) >= 11 is 0. The van der Waals surface area contributed by atoms with Gasteiger partial charge in [-0.15, -0.1) is 0 Å². The lowest BCUT2D eigenvalue weighted by atomic mass is 10.1. The third-order valence-electron chi connectivity index (χ3n) is 3.67. The van der Waals surface area contributed by atoms with Crippen LogP contribution < -0.4 is 15.4 Å². The largest absolute Gasteiger partial charge is 0.494 e. The van der Waals surface area contributed by atoms with Gasteiger partial charge in [0.2, 0.25) is 0 Å². The Bertz CT molecular complexity index is 694. The van der Waals surface area contributed by atoms with E-state index < -0.39 is 18.0 Å². The van der Waals surface area contributed by atoms with Crippen LogP contribution in [-0.4, -0.2) is 30.8 Å². The number of nitrogens with one attached hydrogen (secondary N) is 2. The average molecular weight is 346 g/mol. The molecular weight excluding hydrogens is 323 g/mol. The van der Waals surface area contributed by atoms with Crippen molar-refractivity contribution in [3.8, 4) is 5.75 Å². The van der Waals surface area contributed by atoms with Gasteiger partial charge < -0.3 is 20.5 Å². The van der Waals surface area contributed by atoms with Crippen molar-refractivity contribution < 1.29 is 19.0 Å². The number of hydrogen-bond donors (Lipinski definition) is 3. The van der Waals surface area contributed by atoms with E-state index in [0.29, 0.717) is 19.6 Å². The minimum absolute atomic E-state index is 0.0672. The molecule has 3 N–H and O–H groups in total. The molecule has 0 saturated heterocycles.